The van der Waals surface area contributed by atoms with Gasteiger partial charge in [0.05, 0.1) is 13.7 Å². The second-order valence-electron chi connectivity index (χ2n) is 7.37. The van der Waals surface area contributed by atoms with Crippen LogP contribution in [0.3, 0.4) is 0 Å². The normalized spacial score (nSPS) is 14.9. The van der Waals surface area contributed by atoms with E-state index in [4.69, 9.17) is 14.5 Å². The van der Waals surface area contributed by atoms with Gasteiger partial charge in [0.25, 0.3) is 0 Å². The zero-order chi connectivity index (χ0) is 20.4. The highest BCUT2D eigenvalue weighted by molar-refractivity contribution is 7.19. The van der Waals surface area contributed by atoms with E-state index in [0.29, 0.717) is 17.5 Å². The number of nitrogens with one attached hydrogen (secondary N) is 1. The number of methoxy groups -OCH3 is 1. The molecule has 0 aliphatic heterocycles. The van der Waals surface area contributed by atoms with Gasteiger partial charge in [-0.3, -0.25) is 4.40 Å². The highest BCUT2D eigenvalue weighted by atomic mass is 32.1. The number of hydrogen-bond acceptors (Lipinski definition) is 6. The van der Waals surface area contributed by atoms with Gasteiger partial charge in [-0.15, -0.1) is 0 Å². The number of imidazole rings is 1. The number of carbonyl (C=O) groups is 1. The van der Waals surface area contributed by atoms with Gasteiger partial charge in [0, 0.05) is 17.3 Å². The lowest BCUT2D eigenvalue weighted by atomic mass is 9.95. The van der Waals surface area contributed by atoms with Crippen LogP contribution in [0, 0.1) is 6.92 Å². The lowest BCUT2D eigenvalue weighted by molar-refractivity contribution is 0.0531. The van der Waals surface area contributed by atoms with Gasteiger partial charge in [-0.2, -0.15) is 0 Å². The lowest BCUT2D eigenvalue weighted by Gasteiger charge is -2.24. The number of rotatable bonds is 6. The Kier molecular flexibility index (Phi) is 5.76. The van der Waals surface area contributed by atoms with Crippen LogP contribution in [0.15, 0.2) is 24.3 Å². The monoisotopic (exact) mass is 413 g/mol. The summed E-state index contributed by atoms with van der Waals surface area (Å²) in [6, 6.07) is 8.37. The van der Waals surface area contributed by atoms with Gasteiger partial charge in [-0.25, -0.2) is 9.78 Å². The maximum atomic E-state index is 12.4. The van der Waals surface area contributed by atoms with E-state index in [1.165, 1.54) is 30.6 Å². The van der Waals surface area contributed by atoms with Crippen LogP contribution in [-0.4, -0.2) is 35.1 Å². The van der Waals surface area contributed by atoms with Crippen molar-refractivity contribution in [3.05, 3.63) is 34.8 Å². The number of hydrogen-bond donors (Lipinski definition) is 1. The Bertz CT molecular complexity index is 1000. The van der Waals surface area contributed by atoms with Crippen molar-refractivity contribution in [1.82, 2.24) is 9.38 Å². The van der Waals surface area contributed by atoms with E-state index in [2.05, 4.69) is 9.72 Å². The van der Waals surface area contributed by atoms with Gasteiger partial charge < -0.3 is 14.8 Å². The third kappa shape index (κ3) is 3.83. The van der Waals surface area contributed by atoms with E-state index in [1.807, 2.05) is 38.1 Å². The van der Waals surface area contributed by atoms with Gasteiger partial charge in [-0.1, -0.05) is 30.6 Å². The fourth-order valence-electron chi connectivity index (χ4n) is 3.96. The summed E-state index contributed by atoms with van der Waals surface area (Å²) in [7, 11) is 1.66. The molecule has 7 heteroatoms. The Hall–Kier alpha value is -2.54. The van der Waals surface area contributed by atoms with E-state index in [-0.39, 0.29) is 5.97 Å². The SMILES string of the molecule is CCOC(=O)c1sc2nc(-c3ccc(OC)cc3)c(NC3CCCCC3)n2c1C. The molecule has 1 aromatic carbocycles. The second kappa shape index (κ2) is 8.45. The number of thiazole rings is 1. The largest absolute Gasteiger partial charge is 0.497 e. The molecule has 0 amide bonds. The summed E-state index contributed by atoms with van der Waals surface area (Å²) in [5.74, 6) is 1.49. The molecule has 6 nitrogen and oxygen atoms in total. The van der Waals surface area contributed by atoms with Crippen LogP contribution in [0.1, 0.15) is 54.4 Å². The van der Waals surface area contributed by atoms with Crippen molar-refractivity contribution in [3.63, 3.8) is 0 Å². The van der Waals surface area contributed by atoms with Gasteiger partial charge in [0.1, 0.15) is 22.1 Å². The van der Waals surface area contributed by atoms with Gasteiger partial charge in [0.15, 0.2) is 4.96 Å². The van der Waals surface area contributed by atoms with Crippen molar-refractivity contribution in [3.8, 4) is 17.0 Å². The zero-order valence-electron chi connectivity index (χ0n) is 17.2. The van der Waals surface area contributed by atoms with Crippen molar-refractivity contribution >= 4 is 28.1 Å². The molecule has 1 aliphatic carbocycles. The molecule has 29 heavy (non-hydrogen) atoms. The molecule has 0 unspecified atom stereocenters. The van der Waals surface area contributed by atoms with Crippen LogP contribution in [0.2, 0.25) is 0 Å². The molecule has 1 aliphatic rings. The number of ether oxygens (including phenoxy) is 2. The highest BCUT2D eigenvalue weighted by Gasteiger charge is 2.25. The van der Waals surface area contributed by atoms with Crippen molar-refractivity contribution in [2.24, 2.45) is 0 Å². The third-order valence-electron chi connectivity index (χ3n) is 5.47. The average molecular weight is 414 g/mol. The summed E-state index contributed by atoms with van der Waals surface area (Å²) < 4.78 is 12.6. The highest BCUT2D eigenvalue weighted by Crippen LogP contribution is 2.36. The summed E-state index contributed by atoms with van der Waals surface area (Å²) in [5.41, 5.74) is 2.80. The first-order valence-corrected chi connectivity index (χ1v) is 11.0. The minimum atomic E-state index is -0.282. The second-order valence-corrected chi connectivity index (χ2v) is 8.35. The van der Waals surface area contributed by atoms with Crippen molar-refractivity contribution in [2.75, 3.05) is 19.0 Å². The van der Waals surface area contributed by atoms with Gasteiger partial charge in [0.2, 0.25) is 0 Å². The van der Waals surface area contributed by atoms with Crippen LogP contribution >= 0.6 is 11.3 Å². The van der Waals surface area contributed by atoms with E-state index >= 15 is 0 Å². The minimum absolute atomic E-state index is 0.282. The molecule has 3 aromatic rings. The first-order chi connectivity index (χ1) is 14.1. The Balaban J connectivity index is 1.80. The molecule has 2 heterocycles. The van der Waals surface area contributed by atoms with Crippen LogP contribution in [0.4, 0.5) is 5.82 Å². The number of esters is 1. The van der Waals surface area contributed by atoms with E-state index in [9.17, 15) is 4.79 Å². The summed E-state index contributed by atoms with van der Waals surface area (Å²) >= 11 is 1.38. The molecular formula is C22H27N3O3S. The number of nitrogens with zero attached hydrogens (tertiary/aromatic N) is 2. The summed E-state index contributed by atoms with van der Waals surface area (Å²) in [6.45, 7) is 4.15. The number of aryl methyl sites for hydroxylation is 1. The van der Waals surface area contributed by atoms with E-state index in [1.54, 1.807) is 7.11 Å². The number of carbonyl (C=O) groups excluding carboxylic acids is 1. The first kappa shape index (κ1) is 19.8. The van der Waals surface area contributed by atoms with Crippen molar-refractivity contribution in [2.45, 2.75) is 52.0 Å². The standard InChI is InChI=1S/C22H27N3O3S/c1-4-28-21(26)19-14(2)25-20(23-16-8-6-5-7-9-16)18(24-22(25)29-19)15-10-12-17(27-3)13-11-15/h10-13,16,23H,4-9H2,1-3H3. The molecule has 0 spiro atoms. The molecule has 1 fully saturated rings. The molecule has 1 saturated carbocycles. The van der Waals surface area contributed by atoms with Gasteiger partial charge in [-0.05, 0) is 51.0 Å². The number of aromatic nitrogens is 2. The van der Waals surface area contributed by atoms with Gasteiger partial charge >= 0.3 is 5.97 Å². The number of fused-ring (bicyclic) bond motifs is 1. The minimum Gasteiger partial charge on any atom is -0.497 e. The average Bonchev–Trinajstić information content (AvgIpc) is 3.26. The lowest BCUT2D eigenvalue weighted by Crippen LogP contribution is -2.23. The molecule has 0 bridgehead atoms. The summed E-state index contributed by atoms with van der Waals surface area (Å²) in [4.78, 5) is 18.7. The molecule has 2 aromatic heterocycles. The number of benzene rings is 1. The molecule has 0 atom stereocenters. The summed E-state index contributed by atoms with van der Waals surface area (Å²) in [6.07, 6.45) is 6.10. The Labute approximate surface area is 174 Å². The van der Waals surface area contributed by atoms with Crippen LogP contribution < -0.4 is 10.1 Å². The van der Waals surface area contributed by atoms with Crippen LogP contribution in [0.5, 0.6) is 5.75 Å². The third-order valence-corrected chi connectivity index (χ3v) is 6.60. The molecule has 0 radical (unpaired) electrons. The van der Waals surface area contributed by atoms with Crippen molar-refractivity contribution in [1.29, 1.82) is 0 Å². The molecular weight excluding hydrogens is 386 g/mol. The topological polar surface area (TPSA) is 64.9 Å². The summed E-state index contributed by atoms with van der Waals surface area (Å²) in [5, 5.41) is 3.75. The Morgan fingerprint density at radius 1 is 1.24 bits per heavy atom. The quantitative estimate of drug-likeness (QED) is 0.556. The Morgan fingerprint density at radius 2 is 1.97 bits per heavy atom. The zero-order valence-corrected chi connectivity index (χ0v) is 18.0. The predicted molar refractivity (Wildman–Crippen MR) is 116 cm³/mol. The van der Waals surface area contributed by atoms with Crippen molar-refractivity contribution < 1.29 is 14.3 Å². The van der Waals surface area contributed by atoms with Crippen LogP contribution in [0.25, 0.3) is 16.2 Å². The van der Waals surface area contributed by atoms with E-state index in [0.717, 1.165) is 46.3 Å². The smallest absolute Gasteiger partial charge is 0.350 e. The molecule has 154 valence electrons. The predicted octanol–water partition coefficient (Wildman–Crippen LogP) is 5.30. The fraction of sp³-hybridized carbons (Fsp3) is 0.455. The maximum absolute atomic E-state index is 12.4. The fourth-order valence-corrected chi connectivity index (χ4v) is 4.98. The molecule has 1 N–H and O–H groups in total. The Morgan fingerprint density at radius 3 is 2.62 bits per heavy atom. The molecule has 0 saturated heterocycles. The van der Waals surface area contributed by atoms with E-state index < -0.39 is 0 Å². The first-order valence-electron chi connectivity index (χ1n) is 10.2. The molecule has 4 rings (SSSR count). The number of anilines is 1. The van der Waals surface area contributed by atoms with Crippen LogP contribution in [-0.2, 0) is 4.74 Å². The maximum Gasteiger partial charge on any atom is 0.350 e.